The maximum Gasteiger partial charge on any atom is 0.147 e. The zero-order chi connectivity index (χ0) is 14.1. The van der Waals surface area contributed by atoms with Crippen LogP contribution in [0.4, 0.5) is 10.1 Å². The van der Waals surface area contributed by atoms with E-state index in [1.165, 1.54) is 12.5 Å². The van der Waals surface area contributed by atoms with E-state index >= 15 is 0 Å². The van der Waals surface area contributed by atoms with Crippen LogP contribution in [-0.2, 0) is 0 Å². The Hall–Kier alpha value is -1.60. The predicted octanol–water partition coefficient (Wildman–Crippen LogP) is 2.81. The van der Waals surface area contributed by atoms with Gasteiger partial charge in [0.25, 0.3) is 0 Å². The highest BCUT2D eigenvalue weighted by Crippen LogP contribution is 2.38. The Morgan fingerprint density at radius 2 is 2.00 bits per heavy atom. The van der Waals surface area contributed by atoms with Crippen LogP contribution in [-0.4, -0.2) is 25.2 Å². The third kappa shape index (κ3) is 2.27. The van der Waals surface area contributed by atoms with Crippen LogP contribution < -0.4 is 10.2 Å². The highest BCUT2D eigenvalue weighted by atomic mass is 19.1. The van der Waals surface area contributed by atoms with Crippen molar-refractivity contribution in [1.82, 2.24) is 5.32 Å². The van der Waals surface area contributed by atoms with Gasteiger partial charge in [0.05, 0.1) is 17.3 Å². The fraction of sp³-hybridized carbons (Fsp3) is 0.562. The molecule has 2 aliphatic rings. The van der Waals surface area contributed by atoms with Gasteiger partial charge in [0, 0.05) is 18.1 Å². The molecular formula is C16H20FN3. The van der Waals surface area contributed by atoms with E-state index in [1.807, 2.05) is 13.1 Å². The van der Waals surface area contributed by atoms with Crippen molar-refractivity contribution >= 4 is 5.69 Å². The number of piperidine rings is 2. The average molecular weight is 273 g/mol. The second-order valence-corrected chi connectivity index (χ2v) is 5.88. The van der Waals surface area contributed by atoms with Crippen LogP contribution in [0.1, 0.15) is 37.7 Å². The number of rotatable bonds is 2. The lowest BCUT2D eigenvalue weighted by Gasteiger charge is -2.50. The van der Waals surface area contributed by atoms with Crippen molar-refractivity contribution in [3.63, 3.8) is 0 Å². The van der Waals surface area contributed by atoms with Gasteiger partial charge in [-0.15, -0.1) is 0 Å². The van der Waals surface area contributed by atoms with Gasteiger partial charge < -0.3 is 10.2 Å². The lowest BCUT2D eigenvalue weighted by atomic mass is 9.81. The number of anilines is 1. The molecule has 1 aromatic rings. The molecule has 0 aromatic heterocycles. The Kier molecular flexibility index (Phi) is 3.62. The van der Waals surface area contributed by atoms with Gasteiger partial charge in [-0.05, 0) is 57.4 Å². The summed E-state index contributed by atoms with van der Waals surface area (Å²) in [4.78, 5) is 2.27. The van der Waals surface area contributed by atoms with Crippen molar-refractivity contribution < 1.29 is 4.39 Å². The van der Waals surface area contributed by atoms with E-state index in [-0.39, 0.29) is 5.82 Å². The molecular weight excluding hydrogens is 253 g/mol. The Morgan fingerprint density at radius 3 is 2.55 bits per heavy atom. The summed E-state index contributed by atoms with van der Waals surface area (Å²) in [5, 5.41) is 12.2. The second-order valence-electron chi connectivity index (χ2n) is 5.88. The SMILES string of the molecule is CNC1CC2CCCC(C1)N2c1ccc(C#N)cc1F. The third-order valence-corrected chi connectivity index (χ3v) is 4.74. The summed E-state index contributed by atoms with van der Waals surface area (Å²) in [5.74, 6) is -0.260. The number of halogens is 1. The van der Waals surface area contributed by atoms with Crippen molar-refractivity contribution in [3.8, 4) is 6.07 Å². The van der Waals surface area contributed by atoms with Crippen LogP contribution >= 0.6 is 0 Å². The molecule has 2 fully saturated rings. The molecule has 0 amide bonds. The minimum absolute atomic E-state index is 0.260. The number of nitrogens with one attached hydrogen (secondary N) is 1. The van der Waals surface area contributed by atoms with E-state index in [0.29, 0.717) is 29.4 Å². The first kappa shape index (κ1) is 13.4. The molecule has 3 nitrogen and oxygen atoms in total. The number of nitriles is 1. The van der Waals surface area contributed by atoms with E-state index in [0.717, 1.165) is 25.7 Å². The Balaban J connectivity index is 1.92. The van der Waals surface area contributed by atoms with Crippen LogP contribution in [0.3, 0.4) is 0 Å². The first-order valence-corrected chi connectivity index (χ1v) is 7.38. The Morgan fingerprint density at radius 1 is 1.30 bits per heavy atom. The lowest BCUT2D eigenvalue weighted by Crippen LogP contribution is -2.56. The minimum Gasteiger partial charge on any atom is -0.363 e. The van der Waals surface area contributed by atoms with E-state index in [1.54, 1.807) is 12.1 Å². The molecule has 2 unspecified atom stereocenters. The highest BCUT2D eigenvalue weighted by molar-refractivity contribution is 5.53. The molecule has 2 saturated heterocycles. The predicted molar refractivity (Wildman–Crippen MR) is 77.1 cm³/mol. The number of benzene rings is 1. The van der Waals surface area contributed by atoms with Gasteiger partial charge >= 0.3 is 0 Å². The number of fused-ring (bicyclic) bond motifs is 2. The van der Waals surface area contributed by atoms with Crippen molar-refractivity contribution in [1.29, 1.82) is 5.26 Å². The zero-order valence-corrected chi connectivity index (χ0v) is 11.8. The molecule has 4 heteroatoms. The average Bonchev–Trinajstić information content (AvgIpc) is 2.46. The molecule has 1 N–H and O–H groups in total. The molecule has 2 atom stereocenters. The van der Waals surface area contributed by atoms with E-state index in [9.17, 15) is 4.39 Å². The van der Waals surface area contributed by atoms with E-state index in [4.69, 9.17) is 5.26 Å². The van der Waals surface area contributed by atoms with Gasteiger partial charge in [-0.2, -0.15) is 5.26 Å². The normalized spacial score (nSPS) is 29.1. The van der Waals surface area contributed by atoms with Crippen LogP contribution in [0.2, 0.25) is 0 Å². The molecule has 3 rings (SSSR count). The monoisotopic (exact) mass is 273 g/mol. The maximum absolute atomic E-state index is 14.3. The summed E-state index contributed by atoms with van der Waals surface area (Å²) in [6.07, 6.45) is 5.65. The van der Waals surface area contributed by atoms with E-state index < -0.39 is 0 Å². The number of hydrogen-bond acceptors (Lipinski definition) is 3. The van der Waals surface area contributed by atoms with Crippen LogP contribution in [0, 0.1) is 17.1 Å². The number of hydrogen-bond donors (Lipinski definition) is 1. The van der Waals surface area contributed by atoms with E-state index in [2.05, 4.69) is 10.2 Å². The van der Waals surface area contributed by atoms with Crippen LogP contribution in [0.5, 0.6) is 0 Å². The smallest absolute Gasteiger partial charge is 0.147 e. The number of nitrogens with zero attached hydrogens (tertiary/aromatic N) is 2. The zero-order valence-electron chi connectivity index (χ0n) is 11.8. The van der Waals surface area contributed by atoms with Crippen LogP contribution in [0.15, 0.2) is 18.2 Å². The minimum atomic E-state index is -0.260. The maximum atomic E-state index is 14.3. The molecule has 2 aliphatic heterocycles. The summed E-state index contributed by atoms with van der Waals surface area (Å²) in [6.45, 7) is 0. The molecule has 20 heavy (non-hydrogen) atoms. The molecule has 2 bridgehead atoms. The van der Waals surface area contributed by atoms with Crippen molar-refractivity contribution in [2.45, 2.75) is 50.2 Å². The molecule has 1 aromatic carbocycles. The van der Waals surface area contributed by atoms with Gasteiger partial charge in [-0.1, -0.05) is 0 Å². The summed E-state index contributed by atoms with van der Waals surface area (Å²) >= 11 is 0. The van der Waals surface area contributed by atoms with Crippen molar-refractivity contribution in [2.75, 3.05) is 11.9 Å². The van der Waals surface area contributed by atoms with Gasteiger partial charge in [-0.3, -0.25) is 0 Å². The molecule has 0 saturated carbocycles. The van der Waals surface area contributed by atoms with Crippen molar-refractivity contribution in [2.24, 2.45) is 0 Å². The van der Waals surface area contributed by atoms with Gasteiger partial charge in [-0.25, -0.2) is 4.39 Å². The first-order valence-electron chi connectivity index (χ1n) is 7.38. The molecule has 0 aliphatic carbocycles. The highest BCUT2D eigenvalue weighted by Gasteiger charge is 2.38. The summed E-state index contributed by atoms with van der Waals surface area (Å²) in [6, 6.07) is 8.23. The third-order valence-electron chi connectivity index (χ3n) is 4.74. The molecule has 106 valence electrons. The molecule has 0 radical (unpaired) electrons. The van der Waals surface area contributed by atoms with Crippen LogP contribution in [0.25, 0.3) is 0 Å². The van der Waals surface area contributed by atoms with Gasteiger partial charge in [0.2, 0.25) is 0 Å². The van der Waals surface area contributed by atoms with Gasteiger partial charge in [0.15, 0.2) is 0 Å². The Labute approximate surface area is 119 Å². The van der Waals surface area contributed by atoms with Crippen molar-refractivity contribution in [3.05, 3.63) is 29.6 Å². The standard InChI is InChI=1S/C16H20FN3/c1-19-12-8-13-3-2-4-14(9-12)20(13)16-6-5-11(10-18)7-15(16)17/h5-7,12-14,19H,2-4,8-9H2,1H3. The van der Waals surface area contributed by atoms with Gasteiger partial charge in [0.1, 0.15) is 5.82 Å². The Bertz CT molecular complexity index is 523. The lowest BCUT2D eigenvalue weighted by molar-refractivity contribution is 0.250. The molecule has 0 spiro atoms. The second kappa shape index (κ2) is 5.41. The largest absolute Gasteiger partial charge is 0.363 e. The quantitative estimate of drug-likeness (QED) is 0.900. The fourth-order valence-electron chi connectivity index (χ4n) is 3.80. The summed E-state index contributed by atoms with van der Waals surface area (Å²) < 4.78 is 14.3. The first-order chi connectivity index (χ1) is 9.72. The topological polar surface area (TPSA) is 39.1 Å². The fourth-order valence-corrected chi connectivity index (χ4v) is 3.80. The summed E-state index contributed by atoms with van der Waals surface area (Å²) in [5.41, 5.74) is 1.06. The molecule has 2 heterocycles. The summed E-state index contributed by atoms with van der Waals surface area (Å²) in [7, 11) is 2.01.